The van der Waals surface area contributed by atoms with Gasteiger partial charge in [-0.2, -0.15) is 0 Å². The lowest BCUT2D eigenvalue weighted by atomic mass is 10.1. The maximum absolute atomic E-state index is 12.1. The van der Waals surface area contributed by atoms with Crippen molar-refractivity contribution in [2.75, 3.05) is 0 Å². The molecule has 0 aliphatic rings. The lowest BCUT2D eigenvalue weighted by molar-refractivity contribution is -0.274. The van der Waals surface area contributed by atoms with E-state index in [2.05, 4.69) is 25.7 Å². The lowest BCUT2D eigenvalue weighted by Gasteiger charge is -2.09. The van der Waals surface area contributed by atoms with Gasteiger partial charge in [0.2, 0.25) is 0 Å². The molecule has 1 aromatic heterocycles. The van der Waals surface area contributed by atoms with Gasteiger partial charge in [0.1, 0.15) is 5.75 Å². The van der Waals surface area contributed by atoms with Gasteiger partial charge >= 0.3 is 6.36 Å². The van der Waals surface area contributed by atoms with Crippen LogP contribution in [0.3, 0.4) is 0 Å². The topological polar surface area (TPSA) is 22.1 Å². The Labute approximate surface area is 116 Å². The lowest BCUT2D eigenvalue weighted by Crippen LogP contribution is -2.17. The average Bonchev–Trinajstić information content (AvgIpc) is 2.37. The van der Waals surface area contributed by atoms with E-state index < -0.39 is 6.36 Å². The van der Waals surface area contributed by atoms with E-state index in [9.17, 15) is 13.2 Å². The van der Waals surface area contributed by atoms with E-state index in [0.29, 0.717) is 5.69 Å². The minimum atomic E-state index is -4.70. The first kappa shape index (κ1) is 13.9. The number of rotatable bonds is 3. The molecule has 6 heteroatoms. The number of hydrogen-bond donors (Lipinski definition) is 0. The highest BCUT2D eigenvalue weighted by Gasteiger charge is 2.31. The Bertz CT molecular complexity index is 555. The van der Waals surface area contributed by atoms with Gasteiger partial charge in [-0.15, -0.1) is 13.2 Å². The summed E-state index contributed by atoms with van der Waals surface area (Å²) in [5.41, 5.74) is 2.24. The molecule has 1 heterocycles. The molecule has 1 aromatic carbocycles. The number of hydrogen-bond acceptors (Lipinski definition) is 2. The number of pyridine rings is 1. The van der Waals surface area contributed by atoms with E-state index >= 15 is 0 Å². The number of alkyl halides is 4. The summed E-state index contributed by atoms with van der Waals surface area (Å²) >= 11 is 3.32. The largest absolute Gasteiger partial charge is 0.573 e. The van der Waals surface area contributed by atoms with Crippen LogP contribution >= 0.6 is 15.9 Å². The van der Waals surface area contributed by atoms with Crippen molar-refractivity contribution in [3.05, 3.63) is 48.2 Å². The van der Waals surface area contributed by atoms with Crippen LogP contribution in [0.25, 0.3) is 11.3 Å². The average molecular weight is 332 g/mol. The van der Waals surface area contributed by atoms with Crippen molar-refractivity contribution >= 4 is 15.9 Å². The summed E-state index contributed by atoms with van der Waals surface area (Å²) in [6.45, 7) is 0. The van der Waals surface area contributed by atoms with Crippen LogP contribution < -0.4 is 4.74 Å². The van der Waals surface area contributed by atoms with Gasteiger partial charge in [-0.25, -0.2) is 0 Å². The molecule has 0 fully saturated rings. The summed E-state index contributed by atoms with van der Waals surface area (Å²) in [4.78, 5) is 4.04. The molecule has 0 aliphatic carbocycles. The molecule has 0 amide bonds. The number of aromatic nitrogens is 1. The third-order valence-electron chi connectivity index (χ3n) is 2.37. The summed E-state index contributed by atoms with van der Waals surface area (Å²) in [7, 11) is 0. The van der Waals surface area contributed by atoms with Crippen LogP contribution in [0.4, 0.5) is 13.2 Å². The van der Waals surface area contributed by atoms with Crippen LogP contribution in [0.2, 0.25) is 0 Å². The molecule has 0 unspecified atom stereocenters. The minimum Gasteiger partial charge on any atom is -0.406 e. The summed E-state index contributed by atoms with van der Waals surface area (Å²) in [6, 6.07) is 9.79. The molecule has 0 N–H and O–H groups in total. The van der Waals surface area contributed by atoms with Crippen LogP contribution in [0, 0.1) is 0 Å². The van der Waals surface area contributed by atoms with E-state index in [1.165, 1.54) is 18.3 Å². The second-order valence-corrected chi connectivity index (χ2v) is 4.32. The molecule has 0 saturated carbocycles. The first-order chi connectivity index (χ1) is 8.98. The molecule has 0 spiro atoms. The zero-order valence-corrected chi connectivity index (χ0v) is 11.2. The fraction of sp³-hybridized carbons (Fsp3) is 0.154. The Kier molecular flexibility index (Phi) is 4.09. The second kappa shape index (κ2) is 5.61. The first-order valence-corrected chi connectivity index (χ1v) is 6.47. The van der Waals surface area contributed by atoms with Gasteiger partial charge in [-0.1, -0.05) is 40.2 Å². The van der Waals surface area contributed by atoms with Gasteiger partial charge < -0.3 is 4.74 Å². The molecular weight excluding hydrogens is 323 g/mol. The van der Waals surface area contributed by atoms with Crippen molar-refractivity contribution in [1.82, 2.24) is 4.98 Å². The summed E-state index contributed by atoms with van der Waals surface area (Å²) in [5.74, 6) is -0.276. The van der Waals surface area contributed by atoms with Gasteiger partial charge in [0.15, 0.2) is 0 Å². The van der Waals surface area contributed by atoms with Gasteiger partial charge in [-0.3, -0.25) is 4.98 Å². The Morgan fingerprint density at radius 2 is 1.79 bits per heavy atom. The van der Waals surface area contributed by atoms with Crippen LogP contribution in [-0.4, -0.2) is 11.3 Å². The molecule has 0 aliphatic heterocycles. The predicted molar refractivity (Wildman–Crippen MR) is 69.0 cm³/mol. The minimum absolute atomic E-state index is 0.276. The van der Waals surface area contributed by atoms with Gasteiger partial charge in [0.25, 0.3) is 0 Å². The zero-order valence-electron chi connectivity index (χ0n) is 9.62. The van der Waals surface area contributed by atoms with E-state index in [4.69, 9.17) is 0 Å². The summed E-state index contributed by atoms with van der Waals surface area (Å²) in [5, 5.41) is 0.720. The van der Waals surface area contributed by atoms with Crippen LogP contribution in [0.5, 0.6) is 5.75 Å². The molecule has 100 valence electrons. The van der Waals surface area contributed by atoms with Crippen molar-refractivity contribution in [1.29, 1.82) is 0 Å². The first-order valence-electron chi connectivity index (χ1n) is 5.35. The summed E-state index contributed by atoms with van der Waals surface area (Å²) in [6.07, 6.45) is -3.41. The standard InChI is InChI=1S/C13H9BrF3NO/c14-8-9-1-3-10(4-2-9)12-7-11(5-6-18-12)19-13(15,16)17/h1-7H,8H2. The van der Waals surface area contributed by atoms with Crippen molar-refractivity contribution in [2.24, 2.45) is 0 Å². The van der Waals surface area contributed by atoms with E-state index in [-0.39, 0.29) is 5.75 Å². The molecule has 2 aromatic rings. The highest BCUT2D eigenvalue weighted by molar-refractivity contribution is 9.08. The monoisotopic (exact) mass is 331 g/mol. The SMILES string of the molecule is FC(F)(F)Oc1ccnc(-c2ccc(CBr)cc2)c1. The number of benzene rings is 1. The summed E-state index contributed by atoms with van der Waals surface area (Å²) < 4.78 is 40.2. The Morgan fingerprint density at radius 3 is 2.37 bits per heavy atom. The maximum atomic E-state index is 12.1. The fourth-order valence-corrected chi connectivity index (χ4v) is 1.90. The highest BCUT2D eigenvalue weighted by atomic mass is 79.9. The second-order valence-electron chi connectivity index (χ2n) is 3.76. The Balaban J connectivity index is 2.27. The molecule has 0 radical (unpaired) electrons. The molecule has 2 nitrogen and oxygen atoms in total. The number of halogens is 4. The van der Waals surface area contributed by atoms with Crippen LogP contribution in [0.1, 0.15) is 5.56 Å². The quantitative estimate of drug-likeness (QED) is 0.770. The van der Waals surface area contributed by atoms with Crippen LogP contribution in [-0.2, 0) is 5.33 Å². The van der Waals surface area contributed by atoms with Crippen molar-refractivity contribution in [3.8, 4) is 17.0 Å². The predicted octanol–water partition coefficient (Wildman–Crippen LogP) is 4.54. The third kappa shape index (κ3) is 3.96. The molecular formula is C13H9BrF3NO. The highest BCUT2D eigenvalue weighted by Crippen LogP contribution is 2.26. The number of ether oxygens (including phenoxy) is 1. The van der Waals surface area contributed by atoms with Crippen LogP contribution in [0.15, 0.2) is 42.6 Å². The van der Waals surface area contributed by atoms with E-state index in [1.807, 2.05) is 12.1 Å². The zero-order chi connectivity index (χ0) is 13.9. The van der Waals surface area contributed by atoms with E-state index in [1.54, 1.807) is 12.1 Å². The molecule has 0 atom stereocenters. The van der Waals surface area contributed by atoms with Gasteiger partial charge in [0, 0.05) is 23.2 Å². The molecule has 0 saturated heterocycles. The smallest absolute Gasteiger partial charge is 0.406 e. The van der Waals surface area contributed by atoms with Crippen molar-refractivity contribution in [3.63, 3.8) is 0 Å². The van der Waals surface area contributed by atoms with Gasteiger partial charge in [-0.05, 0) is 11.6 Å². The Hall–Kier alpha value is -1.56. The number of nitrogens with zero attached hydrogens (tertiary/aromatic N) is 1. The van der Waals surface area contributed by atoms with E-state index in [0.717, 1.165) is 16.5 Å². The van der Waals surface area contributed by atoms with Crippen molar-refractivity contribution in [2.45, 2.75) is 11.7 Å². The molecule has 19 heavy (non-hydrogen) atoms. The van der Waals surface area contributed by atoms with Crippen molar-refractivity contribution < 1.29 is 17.9 Å². The Morgan fingerprint density at radius 1 is 1.11 bits per heavy atom. The van der Waals surface area contributed by atoms with Gasteiger partial charge in [0.05, 0.1) is 5.69 Å². The maximum Gasteiger partial charge on any atom is 0.573 e. The molecule has 0 bridgehead atoms. The molecule has 2 rings (SSSR count). The fourth-order valence-electron chi connectivity index (χ4n) is 1.53. The normalized spacial score (nSPS) is 11.4. The third-order valence-corrected chi connectivity index (χ3v) is 3.02.